The van der Waals surface area contributed by atoms with E-state index in [4.69, 9.17) is 4.74 Å². The van der Waals surface area contributed by atoms with Crippen molar-refractivity contribution in [3.05, 3.63) is 17.5 Å². The van der Waals surface area contributed by atoms with Gasteiger partial charge >= 0.3 is 6.18 Å². The van der Waals surface area contributed by atoms with Gasteiger partial charge in [-0.25, -0.2) is 0 Å². The summed E-state index contributed by atoms with van der Waals surface area (Å²) in [7, 11) is 0. The normalized spacial score (nSPS) is 23.9. The Hall–Kier alpha value is -1.12. The lowest BCUT2D eigenvalue weighted by Crippen LogP contribution is -2.40. The van der Waals surface area contributed by atoms with E-state index in [1.165, 1.54) is 0 Å². The third-order valence-corrected chi connectivity index (χ3v) is 5.26. The van der Waals surface area contributed by atoms with E-state index in [1.807, 2.05) is 11.6 Å². The largest absolute Gasteiger partial charge is 0.404 e. The van der Waals surface area contributed by atoms with Gasteiger partial charge in [-0.1, -0.05) is 0 Å². The summed E-state index contributed by atoms with van der Waals surface area (Å²) in [6.07, 6.45) is -0.568. The summed E-state index contributed by atoms with van der Waals surface area (Å²) in [6, 6.07) is -1.31. The highest BCUT2D eigenvalue weighted by atomic mass is 19.4. The van der Waals surface area contributed by atoms with Crippen LogP contribution in [-0.2, 0) is 17.8 Å². The number of aromatic nitrogens is 2. The van der Waals surface area contributed by atoms with Crippen LogP contribution in [0, 0.1) is 6.92 Å². The molecule has 1 unspecified atom stereocenters. The van der Waals surface area contributed by atoms with E-state index in [1.54, 1.807) is 11.1 Å². The second-order valence-electron chi connectivity index (χ2n) is 6.96. The summed E-state index contributed by atoms with van der Waals surface area (Å²) in [5.41, 5.74) is 1.87. The molecule has 0 spiro atoms. The maximum absolute atomic E-state index is 13.1. The first-order valence-electron chi connectivity index (χ1n) is 9.07. The van der Waals surface area contributed by atoms with E-state index in [-0.39, 0.29) is 6.42 Å². The number of likely N-dealkylation sites (tertiary alicyclic amines) is 1. The van der Waals surface area contributed by atoms with Crippen molar-refractivity contribution in [2.75, 3.05) is 39.4 Å². The van der Waals surface area contributed by atoms with Crippen molar-refractivity contribution < 1.29 is 17.9 Å². The minimum atomic E-state index is -4.14. The van der Waals surface area contributed by atoms with Gasteiger partial charge in [0.15, 0.2) is 0 Å². The van der Waals surface area contributed by atoms with Gasteiger partial charge in [-0.2, -0.15) is 18.3 Å². The molecule has 0 N–H and O–H groups in total. The quantitative estimate of drug-likeness (QED) is 0.808. The van der Waals surface area contributed by atoms with Gasteiger partial charge in [0.2, 0.25) is 0 Å². The highest BCUT2D eigenvalue weighted by Crippen LogP contribution is 2.33. The van der Waals surface area contributed by atoms with Crippen LogP contribution in [0.5, 0.6) is 0 Å². The summed E-state index contributed by atoms with van der Waals surface area (Å²) in [6.45, 7) is 7.95. The van der Waals surface area contributed by atoms with Crippen LogP contribution >= 0.6 is 0 Å². The molecular formula is C17H27F3N4O. The SMILES string of the molecule is Cc1c(CN2CCCC2C(F)(F)F)cnn1CCN1CCCOCC1. The van der Waals surface area contributed by atoms with Gasteiger partial charge < -0.3 is 4.74 Å². The Kier molecular flexibility index (Phi) is 6.01. The van der Waals surface area contributed by atoms with E-state index >= 15 is 0 Å². The Balaban J connectivity index is 1.57. The lowest BCUT2D eigenvalue weighted by molar-refractivity contribution is -0.177. The molecule has 5 nitrogen and oxygen atoms in total. The third kappa shape index (κ3) is 4.74. The number of hydrogen-bond acceptors (Lipinski definition) is 4. The van der Waals surface area contributed by atoms with Crippen LogP contribution in [0.25, 0.3) is 0 Å². The fourth-order valence-electron chi connectivity index (χ4n) is 3.73. The fourth-order valence-corrected chi connectivity index (χ4v) is 3.73. The minimum Gasteiger partial charge on any atom is -0.380 e. The molecule has 0 amide bonds. The van der Waals surface area contributed by atoms with Gasteiger partial charge in [0.1, 0.15) is 6.04 Å². The van der Waals surface area contributed by atoms with Crippen LogP contribution in [0.1, 0.15) is 30.5 Å². The number of halogens is 3. The van der Waals surface area contributed by atoms with E-state index in [0.29, 0.717) is 19.5 Å². The van der Waals surface area contributed by atoms with Crippen LogP contribution in [0.15, 0.2) is 6.20 Å². The standard InChI is InChI=1S/C17H27F3N4O/c1-14-15(13-23-6-2-4-16(23)17(18,19)20)12-21-24(14)8-7-22-5-3-10-25-11-9-22/h12,16H,2-11,13H2,1H3. The topological polar surface area (TPSA) is 33.5 Å². The number of rotatable bonds is 5. The lowest BCUT2D eigenvalue weighted by atomic mass is 10.2. The van der Waals surface area contributed by atoms with Gasteiger partial charge in [0.25, 0.3) is 0 Å². The number of alkyl halides is 3. The van der Waals surface area contributed by atoms with Crippen LogP contribution in [0.2, 0.25) is 0 Å². The minimum absolute atomic E-state index is 0.202. The zero-order valence-electron chi connectivity index (χ0n) is 14.8. The molecule has 0 bridgehead atoms. The van der Waals surface area contributed by atoms with Gasteiger partial charge in [-0.3, -0.25) is 14.5 Å². The van der Waals surface area contributed by atoms with Crippen molar-refractivity contribution >= 4 is 0 Å². The number of nitrogens with zero attached hydrogens (tertiary/aromatic N) is 4. The molecule has 1 atom stereocenters. The van der Waals surface area contributed by atoms with E-state index in [9.17, 15) is 13.2 Å². The summed E-state index contributed by atoms with van der Waals surface area (Å²) in [4.78, 5) is 3.90. The number of ether oxygens (including phenoxy) is 1. The molecule has 3 rings (SSSR count). The Labute approximate surface area is 146 Å². The Morgan fingerprint density at radius 2 is 2.00 bits per heavy atom. The van der Waals surface area contributed by atoms with Gasteiger partial charge in [0.05, 0.1) is 19.3 Å². The summed E-state index contributed by atoms with van der Waals surface area (Å²) >= 11 is 0. The van der Waals surface area contributed by atoms with Crippen molar-refractivity contribution in [3.8, 4) is 0 Å². The predicted molar refractivity (Wildman–Crippen MR) is 88.3 cm³/mol. The van der Waals surface area contributed by atoms with E-state index in [0.717, 1.165) is 57.1 Å². The Morgan fingerprint density at radius 1 is 1.16 bits per heavy atom. The molecule has 25 heavy (non-hydrogen) atoms. The molecule has 1 aromatic rings. The molecule has 2 fully saturated rings. The molecule has 0 radical (unpaired) electrons. The first-order valence-corrected chi connectivity index (χ1v) is 9.07. The summed E-state index contributed by atoms with van der Waals surface area (Å²) < 4.78 is 46.7. The number of hydrogen-bond donors (Lipinski definition) is 0. The van der Waals surface area contributed by atoms with Crippen molar-refractivity contribution in [2.45, 2.75) is 51.5 Å². The highest BCUT2D eigenvalue weighted by molar-refractivity contribution is 5.16. The van der Waals surface area contributed by atoms with Crippen molar-refractivity contribution in [3.63, 3.8) is 0 Å². The smallest absolute Gasteiger partial charge is 0.380 e. The summed E-state index contributed by atoms with van der Waals surface area (Å²) in [5, 5.41) is 4.40. The Morgan fingerprint density at radius 3 is 2.80 bits per heavy atom. The first kappa shape index (κ1) is 18.7. The maximum Gasteiger partial charge on any atom is 0.404 e. The first-order chi connectivity index (χ1) is 11.9. The van der Waals surface area contributed by atoms with Crippen molar-refractivity contribution in [1.29, 1.82) is 0 Å². The molecule has 0 aliphatic carbocycles. The monoisotopic (exact) mass is 360 g/mol. The molecule has 0 aromatic carbocycles. The molecule has 1 aromatic heterocycles. The molecular weight excluding hydrogens is 333 g/mol. The molecule has 2 aliphatic rings. The fraction of sp³-hybridized carbons (Fsp3) is 0.824. The van der Waals surface area contributed by atoms with Crippen molar-refractivity contribution in [1.82, 2.24) is 19.6 Å². The summed E-state index contributed by atoms with van der Waals surface area (Å²) in [5.74, 6) is 0. The Bertz CT molecular complexity index is 553. The second-order valence-corrected chi connectivity index (χ2v) is 6.96. The average Bonchev–Trinajstić information content (AvgIpc) is 3.06. The van der Waals surface area contributed by atoms with Crippen LogP contribution in [-0.4, -0.2) is 71.2 Å². The van der Waals surface area contributed by atoms with Crippen molar-refractivity contribution in [2.24, 2.45) is 0 Å². The average molecular weight is 360 g/mol. The van der Waals surface area contributed by atoms with Gasteiger partial charge in [-0.15, -0.1) is 0 Å². The van der Waals surface area contributed by atoms with Crippen LogP contribution in [0.4, 0.5) is 13.2 Å². The molecule has 0 saturated carbocycles. The predicted octanol–water partition coefficient (Wildman–Crippen LogP) is 2.44. The second kappa shape index (κ2) is 8.05. The molecule has 8 heteroatoms. The molecule has 2 aliphatic heterocycles. The molecule has 2 saturated heterocycles. The van der Waals surface area contributed by atoms with Crippen LogP contribution in [0.3, 0.4) is 0 Å². The molecule has 142 valence electrons. The van der Waals surface area contributed by atoms with E-state index < -0.39 is 12.2 Å². The highest BCUT2D eigenvalue weighted by Gasteiger charge is 2.45. The van der Waals surface area contributed by atoms with Gasteiger partial charge in [0, 0.05) is 44.0 Å². The zero-order chi connectivity index (χ0) is 17.9. The molecule has 3 heterocycles. The third-order valence-electron chi connectivity index (χ3n) is 5.26. The van der Waals surface area contributed by atoms with Crippen LogP contribution < -0.4 is 0 Å². The lowest BCUT2D eigenvalue weighted by Gasteiger charge is -2.26. The maximum atomic E-state index is 13.1. The van der Waals surface area contributed by atoms with Gasteiger partial charge in [-0.05, 0) is 32.7 Å². The van der Waals surface area contributed by atoms with E-state index in [2.05, 4.69) is 10.00 Å². The zero-order valence-corrected chi connectivity index (χ0v) is 14.8.